The molecule has 1 atom stereocenters. The molecule has 0 aliphatic heterocycles. The Kier molecular flexibility index (Phi) is 3.59. The second-order valence-electron chi connectivity index (χ2n) is 4.34. The molecule has 19 heavy (non-hydrogen) atoms. The number of para-hydroxylation sites is 1. The van der Waals surface area contributed by atoms with E-state index in [1.165, 1.54) is 0 Å². The lowest BCUT2D eigenvalue weighted by atomic mass is 10.1. The summed E-state index contributed by atoms with van der Waals surface area (Å²) in [5.41, 5.74) is 1.65. The SMILES string of the molecule is CS(=O)(=O)NC(Cc1c[nH]c2ccccc12)C(=O)O. The van der Waals surface area contributed by atoms with Crippen molar-refractivity contribution in [3.63, 3.8) is 0 Å². The van der Waals surface area contributed by atoms with Crippen LogP contribution in [-0.4, -0.2) is 36.8 Å². The first kappa shape index (κ1) is 13.6. The fourth-order valence-electron chi connectivity index (χ4n) is 1.96. The van der Waals surface area contributed by atoms with E-state index in [1.807, 2.05) is 24.3 Å². The topological polar surface area (TPSA) is 99.3 Å². The lowest BCUT2D eigenvalue weighted by Crippen LogP contribution is -2.41. The van der Waals surface area contributed by atoms with E-state index in [-0.39, 0.29) is 6.42 Å². The zero-order chi connectivity index (χ0) is 14.0. The quantitative estimate of drug-likeness (QED) is 0.752. The van der Waals surface area contributed by atoms with Crippen LogP contribution in [0.15, 0.2) is 30.5 Å². The van der Waals surface area contributed by atoms with Crippen molar-refractivity contribution < 1.29 is 18.3 Å². The average Bonchev–Trinajstić information content (AvgIpc) is 2.70. The second kappa shape index (κ2) is 5.02. The zero-order valence-corrected chi connectivity index (χ0v) is 11.1. The van der Waals surface area contributed by atoms with Gasteiger partial charge in [-0.25, -0.2) is 13.1 Å². The standard InChI is InChI=1S/C12H14N2O4S/c1-19(17,18)14-11(12(15)16)6-8-7-13-10-5-3-2-4-9(8)10/h2-5,7,11,13-14H,6H2,1H3,(H,15,16). The van der Waals surface area contributed by atoms with Crippen LogP contribution in [0.25, 0.3) is 10.9 Å². The van der Waals surface area contributed by atoms with E-state index in [0.717, 1.165) is 22.7 Å². The molecule has 0 radical (unpaired) electrons. The lowest BCUT2D eigenvalue weighted by molar-refractivity contribution is -0.138. The molecule has 0 amide bonds. The predicted molar refractivity (Wildman–Crippen MR) is 71.4 cm³/mol. The van der Waals surface area contributed by atoms with Crippen LogP contribution < -0.4 is 4.72 Å². The molecule has 2 rings (SSSR count). The van der Waals surface area contributed by atoms with E-state index >= 15 is 0 Å². The Balaban J connectivity index is 2.29. The number of fused-ring (bicyclic) bond motifs is 1. The molecule has 102 valence electrons. The van der Waals surface area contributed by atoms with Crippen molar-refractivity contribution in [2.24, 2.45) is 0 Å². The van der Waals surface area contributed by atoms with Crippen LogP contribution in [-0.2, 0) is 21.2 Å². The number of aliphatic carboxylic acids is 1. The molecule has 1 unspecified atom stereocenters. The van der Waals surface area contributed by atoms with Gasteiger partial charge < -0.3 is 10.1 Å². The first-order chi connectivity index (χ1) is 8.87. The van der Waals surface area contributed by atoms with Crippen LogP contribution in [0, 0.1) is 0 Å². The molecule has 0 aliphatic carbocycles. The Morgan fingerprint density at radius 1 is 1.42 bits per heavy atom. The number of aromatic amines is 1. The number of nitrogens with one attached hydrogen (secondary N) is 2. The van der Waals surface area contributed by atoms with Crippen LogP contribution in [0.5, 0.6) is 0 Å². The minimum Gasteiger partial charge on any atom is -0.480 e. The highest BCUT2D eigenvalue weighted by Gasteiger charge is 2.22. The Morgan fingerprint density at radius 2 is 2.11 bits per heavy atom. The molecule has 0 saturated heterocycles. The van der Waals surface area contributed by atoms with Gasteiger partial charge in [0.05, 0.1) is 6.26 Å². The number of hydrogen-bond donors (Lipinski definition) is 3. The molecule has 1 aromatic carbocycles. The molecule has 1 heterocycles. The largest absolute Gasteiger partial charge is 0.480 e. The van der Waals surface area contributed by atoms with Crippen molar-refractivity contribution in [3.8, 4) is 0 Å². The molecule has 0 spiro atoms. The summed E-state index contributed by atoms with van der Waals surface area (Å²) in [5, 5.41) is 9.96. The average molecular weight is 282 g/mol. The summed E-state index contributed by atoms with van der Waals surface area (Å²) in [6, 6.07) is 6.28. The first-order valence-corrected chi connectivity index (χ1v) is 7.51. The lowest BCUT2D eigenvalue weighted by Gasteiger charge is -2.12. The number of aromatic nitrogens is 1. The van der Waals surface area contributed by atoms with E-state index in [9.17, 15) is 13.2 Å². The Hall–Kier alpha value is -1.86. The Bertz CT molecular complexity index is 705. The maximum atomic E-state index is 11.2. The summed E-state index contributed by atoms with van der Waals surface area (Å²) < 4.78 is 24.4. The summed E-state index contributed by atoms with van der Waals surface area (Å²) >= 11 is 0. The summed E-state index contributed by atoms with van der Waals surface area (Å²) in [4.78, 5) is 14.1. The molecule has 0 saturated carbocycles. The van der Waals surface area contributed by atoms with E-state index in [1.54, 1.807) is 6.20 Å². The smallest absolute Gasteiger partial charge is 0.322 e. The third-order valence-electron chi connectivity index (χ3n) is 2.75. The third kappa shape index (κ3) is 3.33. The molecular formula is C12H14N2O4S. The van der Waals surface area contributed by atoms with Crippen LogP contribution in [0.2, 0.25) is 0 Å². The summed E-state index contributed by atoms with van der Waals surface area (Å²) in [5.74, 6) is -1.20. The maximum Gasteiger partial charge on any atom is 0.322 e. The predicted octanol–water partition coefficient (Wildman–Crippen LogP) is 0.713. The van der Waals surface area contributed by atoms with E-state index < -0.39 is 22.0 Å². The van der Waals surface area contributed by atoms with Gasteiger partial charge in [-0.1, -0.05) is 18.2 Å². The number of hydrogen-bond acceptors (Lipinski definition) is 3. The van der Waals surface area contributed by atoms with Gasteiger partial charge >= 0.3 is 5.97 Å². The molecule has 1 aromatic heterocycles. The Morgan fingerprint density at radius 3 is 2.74 bits per heavy atom. The van der Waals surface area contributed by atoms with Gasteiger partial charge in [0.25, 0.3) is 0 Å². The second-order valence-corrected chi connectivity index (χ2v) is 6.12. The van der Waals surface area contributed by atoms with Gasteiger partial charge in [0.1, 0.15) is 6.04 Å². The molecule has 3 N–H and O–H groups in total. The molecular weight excluding hydrogens is 268 g/mol. The highest BCUT2D eigenvalue weighted by atomic mass is 32.2. The number of benzene rings is 1. The van der Waals surface area contributed by atoms with Gasteiger partial charge in [-0.3, -0.25) is 4.79 Å². The van der Waals surface area contributed by atoms with Crippen LogP contribution >= 0.6 is 0 Å². The van der Waals surface area contributed by atoms with Crippen molar-refractivity contribution in [1.29, 1.82) is 0 Å². The number of rotatable bonds is 5. The molecule has 0 fully saturated rings. The highest BCUT2D eigenvalue weighted by Crippen LogP contribution is 2.19. The first-order valence-electron chi connectivity index (χ1n) is 5.62. The van der Waals surface area contributed by atoms with E-state index in [2.05, 4.69) is 9.71 Å². The van der Waals surface area contributed by atoms with Crippen molar-refractivity contribution in [2.45, 2.75) is 12.5 Å². The highest BCUT2D eigenvalue weighted by molar-refractivity contribution is 7.88. The molecule has 7 heteroatoms. The number of carboxylic acids is 1. The van der Waals surface area contributed by atoms with Crippen molar-refractivity contribution in [2.75, 3.05) is 6.26 Å². The Labute approximate surface area is 110 Å². The van der Waals surface area contributed by atoms with Crippen molar-refractivity contribution in [3.05, 3.63) is 36.0 Å². The van der Waals surface area contributed by atoms with Crippen LogP contribution in [0.3, 0.4) is 0 Å². The monoisotopic (exact) mass is 282 g/mol. The third-order valence-corrected chi connectivity index (χ3v) is 3.47. The van der Waals surface area contributed by atoms with Crippen LogP contribution in [0.4, 0.5) is 0 Å². The van der Waals surface area contributed by atoms with Gasteiger partial charge in [-0.2, -0.15) is 0 Å². The van der Waals surface area contributed by atoms with E-state index in [4.69, 9.17) is 5.11 Å². The fourth-order valence-corrected chi connectivity index (χ4v) is 2.66. The normalized spacial score (nSPS) is 13.5. The van der Waals surface area contributed by atoms with E-state index in [0.29, 0.717) is 0 Å². The number of carbonyl (C=O) groups is 1. The summed E-state index contributed by atoms with van der Waals surface area (Å²) in [7, 11) is -3.57. The van der Waals surface area contributed by atoms with Gasteiger partial charge in [0.2, 0.25) is 10.0 Å². The molecule has 6 nitrogen and oxygen atoms in total. The molecule has 2 aromatic rings. The molecule has 0 aliphatic rings. The summed E-state index contributed by atoms with van der Waals surface area (Å²) in [6.07, 6.45) is 2.73. The number of H-pyrrole nitrogens is 1. The van der Waals surface area contributed by atoms with Gasteiger partial charge in [0.15, 0.2) is 0 Å². The number of carboxylic acid groups (broad SMARTS) is 1. The molecule has 0 bridgehead atoms. The minimum atomic E-state index is -3.57. The zero-order valence-electron chi connectivity index (χ0n) is 10.3. The maximum absolute atomic E-state index is 11.2. The number of sulfonamides is 1. The van der Waals surface area contributed by atoms with Gasteiger partial charge in [-0.05, 0) is 11.6 Å². The van der Waals surface area contributed by atoms with Crippen molar-refractivity contribution >= 4 is 26.9 Å². The van der Waals surface area contributed by atoms with Gasteiger partial charge in [0, 0.05) is 23.5 Å². The fraction of sp³-hybridized carbons (Fsp3) is 0.250. The minimum absolute atomic E-state index is 0.0897. The van der Waals surface area contributed by atoms with Gasteiger partial charge in [-0.15, -0.1) is 0 Å². The summed E-state index contributed by atoms with van der Waals surface area (Å²) in [6.45, 7) is 0. The van der Waals surface area contributed by atoms with Crippen molar-refractivity contribution in [1.82, 2.24) is 9.71 Å². The van der Waals surface area contributed by atoms with Crippen LogP contribution in [0.1, 0.15) is 5.56 Å².